The van der Waals surface area contributed by atoms with E-state index in [2.05, 4.69) is 0 Å². The largest absolute Gasteiger partial charge is 0.483 e. The minimum Gasteiger partial charge on any atom is -0.483 e. The molecular formula is C20H17ClF2O4. The summed E-state index contributed by atoms with van der Waals surface area (Å²) in [7, 11) is 0. The van der Waals surface area contributed by atoms with Crippen molar-refractivity contribution in [1.29, 1.82) is 0 Å². The number of ether oxygens (including phenoxy) is 1. The lowest BCUT2D eigenvalue weighted by molar-refractivity contribution is -0.136. The van der Waals surface area contributed by atoms with Crippen LogP contribution in [-0.4, -0.2) is 11.1 Å². The number of rotatable bonds is 6. The zero-order chi connectivity index (χ0) is 19.7. The van der Waals surface area contributed by atoms with Crippen LogP contribution in [0.1, 0.15) is 28.9 Å². The monoisotopic (exact) mass is 394 g/mol. The highest BCUT2D eigenvalue weighted by Gasteiger charge is 2.17. The van der Waals surface area contributed by atoms with Crippen LogP contribution in [0.5, 0.6) is 5.75 Å². The molecule has 0 aliphatic rings. The van der Waals surface area contributed by atoms with Crippen LogP contribution in [0.15, 0.2) is 28.7 Å². The number of carboxylic acids is 1. The quantitative estimate of drug-likeness (QED) is 0.593. The molecule has 142 valence electrons. The highest BCUT2D eigenvalue weighted by atomic mass is 35.5. The molecular weight excluding hydrogens is 378 g/mol. The predicted octanol–water partition coefficient (Wildman–Crippen LogP) is 5.58. The summed E-state index contributed by atoms with van der Waals surface area (Å²) in [5.41, 5.74) is 2.33. The van der Waals surface area contributed by atoms with Gasteiger partial charge in [-0.25, -0.2) is 8.78 Å². The van der Waals surface area contributed by atoms with Crippen LogP contribution in [0.2, 0.25) is 5.02 Å². The van der Waals surface area contributed by atoms with Crippen molar-refractivity contribution in [2.24, 2.45) is 0 Å². The molecule has 0 aliphatic carbocycles. The van der Waals surface area contributed by atoms with Crippen LogP contribution in [0, 0.1) is 25.5 Å². The van der Waals surface area contributed by atoms with Crippen molar-refractivity contribution < 1.29 is 27.8 Å². The molecule has 4 nitrogen and oxygen atoms in total. The van der Waals surface area contributed by atoms with Crippen molar-refractivity contribution in [3.63, 3.8) is 0 Å². The van der Waals surface area contributed by atoms with Gasteiger partial charge in [-0.1, -0.05) is 11.6 Å². The van der Waals surface area contributed by atoms with Crippen LogP contribution in [-0.2, 0) is 17.8 Å². The first-order chi connectivity index (χ1) is 12.8. The SMILES string of the molecule is Cc1oc2c(COc3c(F)cc(CCC(=O)O)cc3F)cc(Cl)cc2c1C. The van der Waals surface area contributed by atoms with Crippen molar-refractivity contribution >= 4 is 28.5 Å². The fourth-order valence-corrected chi connectivity index (χ4v) is 3.11. The summed E-state index contributed by atoms with van der Waals surface area (Å²) in [6, 6.07) is 5.56. The third-order valence-electron chi connectivity index (χ3n) is 4.38. The Morgan fingerprint density at radius 3 is 2.48 bits per heavy atom. The van der Waals surface area contributed by atoms with Crippen molar-refractivity contribution in [3.8, 4) is 5.75 Å². The first kappa shape index (κ1) is 19.2. The second-order valence-electron chi connectivity index (χ2n) is 6.30. The van der Waals surface area contributed by atoms with Gasteiger partial charge in [-0.05, 0) is 55.7 Å². The third kappa shape index (κ3) is 4.06. The maximum Gasteiger partial charge on any atom is 0.303 e. The van der Waals surface area contributed by atoms with Gasteiger partial charge in [0.15, 0.2) is 17.4 Å². The summed E-state index contributed by atoms with van der Waals surface area (Å²) in [5.74, 6) is -2.61. The van der Waals surface area contributed by atoms with Crippen LogP contribution in [0.3, 0.4) is 0 Å². The topological polar surface area (TPSA) is 59.7 Å². The lowest BCUT2D eigenvalue weighted by Crippen LogP contribution is -2.03. The lowest BCUT2D eigenvalue weighted by atomic mass is 10.1. The average Bonchev–Trinajstić information content (AvgIpc) is 2.87. The zero-order valence-electron chi connectivity index (χ0n) is 14.7. The van der Waals surface area contributed by atoms with Crippen molar-refractivity contribution in [2.75, 3.05) is 0 Å². The van der Waals surface area contributed by atoms with E-state index in [1.165, 1.54) is 0 Å². The van der Waals surface area contributed by atoms with Crippen LogP contribution < -0.4 is 4.74 Å². The Bertz CT molecular complexity index is 1000. The smallest absolute Gasteiger partial charge is 0.303 e. The maximum atomic E-state index is 14.2. The normalized spacial score (nSPS) is 11.1. The molecule has 0 atom stereocenters. The van der Waals surface area contributed by atoms with Crippen molar-refractivity contribution in [1.82, 2.24) is 0 Å². The summed E-state index contributed by atoms with van der Waals surface area (Å²) >= 11 is 6.14. The summed E-state index contributed by atoms with van der Waals surface area (Å²) in [6.45, 7) is 3.59. The third-order valence-corrected chi connectivity index (χ3v) is 4.59. The molecule has 0 aliphatic heterocycles. The van der Waals surface area contributed by atoms with Gasteiger partial charge >= 0.3 is 5.97 Å². The number of halogens is 3. The number of aryl methyl sites for hydroxylation is 3. The molecule has 1 N–H and O–H groups in total. The molecule has 3 aromatic rings. The average molecular weight is 395 g/mol. The van der Waals surface area contributed by atoms with Gasteiger partial charge in [0.25, 0.3) is 0 Å². The maximum absolute atomic E-state index is 14.2. The van der Waals surface area contributed by atoms with E-state index in [1.54, 1.807) is 12.1 Å². The summed E-state index contributed by atoms with van der Waals surface area (Å²) in [5, 5.41) is 9.97. The van der Waals surface area contributed by atoms with Gasteiger partial charge in [-0.15, -0.1) is 0 Å². The first-order valence-electron chi connectivity index (χ1n) is 8.27. The second-order valence-corrected chi connectivity index (χ2v) is 6.73. The number of fused-ring (bicyclic) bond motifs is 1. The van der Waals surface area contributed by atoms with E-state index in [1.807, 2.05) is 13.8 Å². The molecule has 1 heterocycles. The fraction of sp³-hybridized carbons (Fsp3) is 0.250. The molecule has 0 radical (unpaired) electrons. The Morgan fingerprint density at radius 1 is 1.19 bits per heavy atom. The molecule has 0 fully saturated rings. The minimum atomic E-state index is -1.04. The predicted molar refractivity (Wildman–Crippen MR) is 97.3 cm³/mol. The fourth-order valence-electron chi connectivity index (χ4n) is 2.87. The number of hydrogen-bond donors (Lipinski definition) is 1. The standard InChI is InChI=1S/C20H17ClF2O4/c1-10-11(2)27-19-13(7-14(21)8-15(10)19)9-26-20-16(22)5-12(6-17(20)23)3-4-18(24)25/h5-8H,3-4,9H2,1-2H3,(H,24,25). The molecule has 0 saturated carbocycles. The number of carboxylic acid groups (broad SMARTS) is 1. The minimum absolute atomic E-state index is 0.0311. The van der Waals surface area contributed by atoms with Crippen LogP contribution >= 0.6 is 11.6 Å². The van der Waals surface area contributed by atoms with Gasteiger partial charge in [-0.3, -0.25) is 4.79 Å². The molecule has 0 amide bonds. The van der Waals surface area contributed by atoms with Gasteiger partial charge in [-0.2, -0.15) is 0 Å². The van der Waals surface area contributed by atoms with E-state index in [9.17, 15) is 13.6 Å². The number of hydrogen-bond acceptors (Lipinski definition) is 3. The molecule has 27 heavy (non-hydrogen) atoms. The summed E-state index contributed by atoms with van der Waals surface area (Å²) in [6.07, 6.45) is -0.180. The number of carbonyl (C=O) groups is 1. The van der Waals surface area contributed by atoms with Crippen molar-refractivity contribution in [3.05, 3.63) is 63.4 Å². The highest BCUT2D eigenvalue weighted by molar-refractivity contribution is 6.31. The molecule has 0 saturated heterocycles. The number of aliphatic carboxylic acids is 1. The van der Waals surface area contributed by atoms with Crippen molar-refractivity contribution in [2.45, 2.75) is 33.3 Å². The van der Waals surface area contributed by atoms with Gasteiger partial charge in [0.05, 0.1) is 0 Å². The first-order valence-corrected chi connectivity index (χ1v) is 8.64. The summed E-state index contributed by atoms with van der Waals surface area (Å²) < 4.78 is 39.6. The van der Waals surface area contributed by atoms with E-state index in [0.717, 1.165) is 28.8 Å². The van der Waals surface area contributed by atoms with Crippen LogP contribution in [0.25, 0.3) is 11.0 Å². The molecule has 0 unspecified atom stereocenters. The van der Waals surface area contributed by atoms with Gasteiger partial charge in [0.2, 0.25) is 0 Å². The Kier molecular flexibility index (Phi) is 5.37. The van der Waals surface area contributed by atoms with Crippen LogP contribution in [0.4, 0.5) is 8.78 Å². The van der Waals surface area contributed by atoms with E-state index < -0.39 is 23.4 Å². The highest BCUT2D eigenvalue weighted by Crippen LogP contribution is 2.32. The Hall–Kier alpha value is -2.60. The molecule has 1 aromatic heterocycles. The van der Waals surface area contributed by atoms with Gasteiger partial charge < -0.3 is 14.3 Å². The van der Waals surface area contributed by atoms with E-state index in [4.69, 9.17) is 25.9 Å². The van der Waals surface area contributed by atoms with E-state index in [0.29, 0.717) is 16.2 Å². The lowest BCUT2D eigenvalue weighted by Gasteiger charge is -2.11. The molecule has 2 aromatic carbocycles. The molecule has 7 heteroatoms. The molecule has 0 bridgehead atoms. The number of furan rings is 1. The molecule has 3 rings (SSSR count). The van der Waals surface area contributed by atoms with E-state index in [-0.39, 0.29) is 25.0 Å². The summed E-state index contributed by atoms with van der Waals surface area (Å²) in [4.78, 5) is 10.6. The Labute approximate surface area is 159 Å². The van der Waals surface area contributed by atoms with Gasteiger partial charge in [0, 0.05) is 22.4 Å². The Balaban J connectivity index is 1.86. The van der Waals surface area contributed by atoms with E-state index >= 15 is 0 Å². The number of benzene rings is 2. The molecule has 0 spiro atoms. The second kappa shape index (κ2) is 7.56. The Morgan fingerprint density at radius 2 is 1.85 bits per heavy atom. The van der Waals surface area contributed by atoms with Gasteiger partial charge in [0.1, 0.15) is 18.0 Å². The zero-order valence-corrected chi connectivity index (χ0v) is 15.5.